The normalized spacial score (nSPS) is 27.7. The van der Waals surface area contributed by atoms with Crippen molar-refractivity contribution in [2.45, 2.75) is 94.5 Å². The van der Waals surface area contributed by atoms with Crippen LogP contribution in [-0.4, -0.2) is 34.0 Å². The largest absolute Gasteiger partial charge is 0.463 e. The molecule has 3 aliphatic rings. The lowest BCUT2D eigenvalue weighted by Gasteiger charge is -2.38. The van der Waals surface area contributed by atoms with Gasteiger partial charge in [0.1, 0.15) is 12.1 Å². The van der Waals surface area contributed by atoms with Crippen molar-refractivity contribution in [3.8, 4) is 0 Å². The maximum Gasteiger partial charge on any atom is 0.302 e. The highest BCUT2D eigenvalue weighted by atomic mass is 16.5. The Morgan fingerprint density at radius 1 is 0.921 bits per heavy atom. The third-order valence-electron chi connectivity index (χ3n) is 9.57. The van der Waals surface area contributed by atoms with Gasteiger partial charge >= 0.3 is 5.97 Å². The van der Waals surface area contributed by atoms with E-state index in [0.29, 0.717) is 0 Å². The van der Waals surface area contributed by atoms with Crippen LogP contribution in [0.5, 0.6) is 0 Å². The van der Waals surface area contributed by atoms with E-state index in [1.807, 2.05) is 0 Å². The molecule has 38 heavy (non-hydrogen) atoms. The summed E-state index contributed by atoms with van der Waals surface area (Å²) in [5.74, 6) is -0.291. The number of carbonyl (C=O) groups is 1. The molecule has 0 saturated carbocycles. The molecule has 0 radical (unpaired) electrons. The second-order valence-corrected chi connectivity index (χ2v) is 12.9. The molecule has 5 rings (SSSR count). The minimum Gasteiger partial charge on any atom is -0.463 e. The fourth-order valence-corrected chi connectivity index (χ4v) is 6.52. The summed E-state index contributed by atoms with van der Waals surface area (Å²) in [6.45, 7) is 23.7. The number of ether oxygens (including phenoxy) is 1. The third-order valence-corrected chi connectivity index (χ3v) is 9.57. The molecular weight excluding hydrogens is 472 g/mol. The molecule has 2 aromatic rings. The molecule has 6 heteroatoms. The third kappa shape index (κ3) is 3.70. The Bertz CT molecular complexity index is 1600. The molecule has 0 saturated heterocycles. The molecule has 2 N–H and O–H groups in total. The van der Waals surface area contributed by atoms with Gasteiger partial charge in [0.25, 0.3) is 0 Å². The van der Waals surface area contributed by atoms with E-state index in [0.717, 1.165) is 68.8 Å². The van der Waals surface area contributed by atoms with Crippen LogP contribution in [-0.2, 0) is 15.1 Å². The SMILES string of the molecule is CC(=O)OCC12N=C(CC1(C)C)/C(C)=c1\[nH]/c(c(C)c1C)=C\C1=NC(=C(/C)c3[nH]c2c(C)c3C)/CC1(C)C. The number of esters is 1. The van der Waals surface area contributed by atoms with Crippen molar-refractivity contribution in [1.29, 1.82) is 0 Å². The summed E-state index contributed by atoms with van der Waals surface area (Å²) in [6.07, 6.45) is 3.90. The number of aliphatic imine (C=N–C) groups is 2. The van der Waals surface area contributed by atoms with Gasteiger partial charge in [0.2, 0.25) is 0 Å². The maximum atomic E-state index is 12.1. The summed E-state index contributed by atoms with van der Waals surface area (Å²) in [7, 11) is 0. The van der Waals surface area contributed by atoms with Gasteiger partial charge < -0.3 is 14.7 Å². The van der Waals surface area contributed by atoms with Crippen molar-refractivity contribution in [2.75, 3.05) is 6.61 Å². The quantitative estimate of drug-likeness (QED) is 0.521. The van der Waals surface area contributed by atoms with Crippen LogP contribution >= 0.6 is 0 Å². The van der Waals surface area contributed by atoms with E-state index in [1.165, 1.54) is 23.6 Å². The Hall–Kier alpha value is -3.15. The number of fused-ring (bicyclic) bond motifs is 7. The average molecular weight is 515 g/mol. The van der Waals surface area contributed by atoms with Crippen LogP contribution in [0.4, 0.5) is 0 Å². The molecule has 8 bridgehead atoms. The van der Waals surface area contributed by atoms with E-state index in [4.69, 9.17) is 14.7 Å². The van der Waals surface area contributed by atoms with Crippen LogP contribution in [0.3, 0.4) is 0 Å². The topological polar surface area (TPSA) is 82.6 Å². The van der Waals surface area contributed by atoms with Crippen molar-refractivity contribution in [3.05, 3.63) is 50.0 Å². The maximum absolute atomic E-state index is 12.1. The molecule has 0 amide bonds. The first-order valence-corrected chi connectivity index (χ1v) is 13.7. The number of aromatic nitrogens is 2. The van der Waals surface area contributed by atoms with Crippen LogP contribution in [0, 0.1) is 38.5 Å². The number of H-pyrrole nitrogens is 2. The Kier molecular flexibility index (Phi) is 5.87. The number of nitrogens with one attached hydrogen (secondary N) is 2. The summed E-state index contributed by atoms with van der Waals surface area (Å²) in [5.41, 5.74) is 11.4. The number of allylic oxidation sites excluding steroid dienone is 2. The molecule has 2 aromatic heterocycles. The lowest BCUT2D eigenvalue weighted by atomic mass is 9.69. The van der Waals surface area contributed by atoms with E-state index in [1.54, 1.807) is 0 Å². The fourth-order valence-electron chi connectivity index (χ4n) is 6.52. The fraction of sp³-hybridized carbons (Fsp3) is 0.531. The van der Waals surface area contributed by atoms with Crippen molar-refractivity contribution < 1.29 is 9.53 Å². The van der Waals surface area contributed by atoms with Gasteiger partial charge in [-0.25, -0.2) is 0 Å². The molecular formula is C32H42N4O2. The molecule has 0 aliphatic carbocycles. The summed E-state index contributed by atoms with van der Waals surface area (Å²) in [4.78, 5) is 30.3. The Morgan fingerprint density at radius 2 is 1.61 bits per heavy atom. The molecule has 3 aliphatic heterocycles. The zero-order chi connectivity index (χ0) is 27.9. The van der Waals surface area contributed by atoms with Crippen LogP contribution in [0.2, 0.25) is 0 Å². The Balaban J connectivity index is 1.94. The number of hydrogen-bond acceptors (Lipinski definition) is 4. The lowest BCUT2D eigenvalue weighted by Crippen LogP contribution is -2.42. The first-order chi connectivity index (χ1) is 17.6. The number of hydrogen-bond donors (Lipinski definition) is 2. The first-order valence-electron chi connectivity index (χ1n) is 13.7. The highest BCUT2D eigenvalue weighted by molar-refractivity contribution is 6.19. The van der Waals surface area contributed by atoms with Gasteiger partial charge in [-0.05, 0) is 87.4 Å². The van der Waals surface area contributed by atoms with E-state index < -0.39 is 5.54 Å². The average Bonchev–Trinajstić information content (AvgIpc) is 3.48. The van der Waals surface area contributed by atoms with Gasteiger partial charge in [-0.2, -0.15) is 0 Å². The molecule has 5 heterocycles. The Morgan fingerprint density at radius 3 is 2.26 bits per heavy atom. The van der Waals surface area contributed by atoms with Gasteiger partial charge in [0.15, 0.2) is 0 Å². The number of rotatable bonds is 2. The smallest absolute Gasteiger partial charge is 0.302 e. The predicted octanol–water partition coefficient (Wildman–Crippen LogP) is 5.47. The number of aromatic amines is 2. The highest BCUT2D eigenvalue weighted by Gasteiger charge is 2.54. The van der Waals surface area contributed by atoms with Crippen LogP contribution in [0.1, 0.15) is 94.9 Å². The number of carbonyl (C=O) groups excluding carboxylic acids is 1. The minimum atomic E-state index is -0.735. The second-order valence-electron chi connectivity index (χ2n) is 12.9. The first kappa shape index (κ1) is 26.5. The van der Waals surface area contributed by atoms with Crippen LogP contribution in [0.15, 0.2) is 15.7 Å². The lowest BCUT2D eigenvalue weighted by molar-refractivity contribution is -0.144. The van der Waals surface area contributed by atoms with Crippen molar-refractivity contribution in [1.82, 2.24) is 9.97 Å². The summed E-state index contributed by atoms with van der Waals surface area (Å²) in [5, 5.41) is 2.22. The van der Waals surface area contributed by atoms with Crippen molar-refractivity contribution in [3.63, 3.8) is 0 Å². The Labute approximate surface area is 226 Å². The zero-order valence-corrected chi connectivity index (χ0v) is 24.9. The summed E-state index contributed by atoms with van der Waals surface area (Å²) < 4.78 is 5.78. The van der Waals surface area contributed by atoms with Gasteiger partial charge in [-0.1, -0.05) is 27.7 Å². The van der Waals surface area contributed by atoms with E-state index in [9.17, 15) is 4.79 Å². The molecule has 0 fully saturated rings. The monoisotopic (exact) mass is 514 g/mol. The molecule has 6 nitrogen and oxygen atoms in total. The van der Waals surface area contributed by atoms with Crippen molar-refractivity contribution in [2.24, 2.45) is 20.8 Å². The van der Waals surface area contributed by atoms with E-state index in [2.05, 4.69) is 85.3 Å². The summed E-state index contributed by atoms with van der Waals surface area (Å²) >= 11 is 0. The van der Waals surface area contributed by atoms with Gasteiger partial charge in [-0.15, -0.1) is 0 Å². The van der Waals surface area contributed by atoms with Gasteiger partial charge in [-0.3, -0.25) is 14.8 Å². The number of nitrogens with zero attached hydrogens (tertiary/aromatic N) is 2. The van der Waals surface area contributed by atoms with Gasteiger partial charge in [0.05, 0.1) is 5.69 Å². The molecule has 0 spiro atoms. The zero-order valence-electron chi connectivity index (χ0n) is 24.9. The standard InChI is InChI=1S/C32H42N4O2/c1-16-17(2)27-21(6)25-14-31(10,11)32(36-25,15-38-22(7)37)29-19(4)18(3)28(35-29)20(5)24-13-30(8,9)26(33-24)12-23(16)34-27/h12,34-35H,13-15H2,1-11H3/b23-12-,24-20-,27-21-. The van der Waals surface area contributed by atoms with E-state index >= 15 is 0 Å². The predicted molar refractivity (Wildman–Crippen MR) is 156 cm³/mol. The van der Waals surface area contributed by atoms with Crippen LogP contribution in [0.25, 0.3) is 17.2 Å². The van der Waals surface area contributed by atoms with Gasteiger partial charge in [0, 0.05) is 57.7 Å². The molecule has 0 aromatic carbocycles. The minimum absolute atomic E-state index is 0.0714. The van der Waals surface area contributed by atoms with E-state index in [-0.39, 0.29) is 23.4 Å². The van der Waals surface area contributed by atoms with Crippen molar-refractivity contribution >= 4 is 34.6 Å². The summed E-state index contributed by atoms with van der Waals surface area (Å²) in [6, 6.07) is 0. The molecule has 1 unspecified atom stereocenters. The highest BCUT2D eigenvalue weighted by Crippen LogP contribution is 2.53. The molecule has 1 atom stereocenters. The second kappa shape index (κ2) is 8.42. The molecule has 202 valence electrons. The van der Waals surface area contributed by atoms with Crippen LogP contribution < -0.4 is 10.7 Å².